The highest BCUT2D eigenvalue weighted by atomic mass is 16.6. The van der Waals surface area contributed by atoms with Gasteiger partial charge in [0, 0.05) is 18.7 Å². The van der Waals surface area contributed by atoms with Crippen LogP contribution in [0.25, 0.3) is 0 Å². The van der Waals surface area contributed by atoms with Gasteiger partial charge in [-0.25, -0.2) is 0 Å². The van der Waals surface area contributed by atoms with E-state index in [1.807, 2.05) is 25.9 Å². The summed E-state index contributed by atoms with van der Waals surface area (Å²) >= 11 is 0. The van der Waals surface area contributed by atoms with Crippen molar-refractivity contribution >= 4 is 5.69 Å². The number of hydrogen-bond acceptors (Lipinski definition) is 4. The van der Waals surface area contributed by atoms with Crippen LogP contribution in [0.5, 0.6) is 0 Å². The van der Waals surface area contributed by atoms with Gasteiger partial charge in [0.2, 0.25) is 0 Å². The van der Waals surface area contributed by atoms with Crippen molar-refractivity contribution in [3.05, 3.63) is 39.9 Å². The van der Waals surface area contributed by atoms with Gasteiger partial charge in [-0.2, -0.15) is 0 Å². The van der Waals surface area contributed by atoms with Crippen LogP contribution >= 0.6 is 0 Å². The number of nitro groups is 1. The molecular formula is C12H18N2O3. The fourth-order valence-electron chi connectivity index (χ4n) is 1.83. The molecule has 2 atom stereocenters. The first-order chi connectivity index (χ1) is 7.91. The Morgan fingerprint density at radius 1 is 1.47 bits per heavy atom. The summed E-state index contributed by atoms with van der Waals surface area (Å²) in [6.07, 6.45) is -0.683. The SMILES string of the molecule is C[C@@H](CN(C)C)[C@H](O)c1cccc([N+](=O)[O-])c1. The van der Waals surface area contributed by atoms with Crippen molar-refractivity contribution < 1.29 is 10.0 Å². The Labute approximate surface area is 101 Å². The van der Waals surface area contributed by atoms with Crippen molar-refractivity contribution in [1.29, 1.82) is 0 Å². The fraction of sp³-hybridized carbons (Fsp3) is 0.500. The molecule has 1 aromatic carbocycles. The maximum absolute atomic E-state index is 10.6. The molecule has 0 heterocycles. The van der Waals surface area contributed by atoms with E-state index in [0.717, 1.165) is 6.54 Å². The standard InChI is InChI=1S/C12H18N2O3/c1-9(8-13(2)3)12(15)10-5-4-6-11(7-10)14(16)17/h4-7,9,12,15H,8H2,1-3H3/t9-,12-/m0/s1. The number of benzene rings is 1. The normalized spacial score (nSPS) is 14.6. The second kappa shape index (κ2) is 5.75. The predicted molar refractivity (Wildman–Crippen MR) is 65.8 cm³/mol. The summed E-state index contributed by atoms with van der Waals surface area (Å²) in [5, 5.41) is 20.7. The maximum atomic E-state index is 10.6. The minimum absolute atomic E-state index is 0.0126. The molecule has 0 aromatic heterocycles. The minimum atomic E-state index is -0.683. The number of rotatable bonds is 5. The van der Waals surface area contributed by atoms with Gasteiger partial charge >= 0.3 is 0 Å². The largest absolute Gasteiger partial charge is 0.388 e. The highest BCUT2D eigenvalue weighted by molar-refractivity contribution is 5.35. The van der Waals surface area contributed by atoms with Crippen molar-refractivity contribution in [2.24, 2.45) is 5.92 Å². The summed E-state index contributed by atoms with van der Waals surface area (Å²) < 4.78 is 0. The molecule has 0 saturated heterocycles. The Balaban J connectivity index is 2.84. The molecular weight excluding hydrogens is 220 g/mol. The van der Waals surface area contributed by atoms with Gasteiger partial charge in [0.05, 0.1) is 11.0 Å². The molecule has 0 fully saturated rings. The van der Waals surface area contributed by atoms with E-state index in [1.165, 1.54) is 12.1 Å². The van der Waals surface area contributed by atoms with Gasteiger partial charge in [0.15, 0.2) is 0 Å². The zero-order valence-electron chi connectivity index (χ0n) is 10.3. The molecule has 0 radical (unpaired) electrons. The van der Waals surface area contributed by atoms with Gasteiger partial charge in [0.25, 0.3) is 5.69 Å². The molecule has 1 aromatic rings. The van der Waals surface area contributed by atoms with Crippen LogP contribution in [0.2, 0.25) is 0 Å². The van der Waals surface area contributed by atoms with Crippen molar-refractivity contribution in [2.45, 2.75) is 13.0 Å². The summed E-state index contributed by atoms with van der Waals surface area (Å²) in [4.78, 5) is 12.2. The third-order valence-corrected chi connectivity index (χ3v) is 2.61. The predicted octanol–water partition coefficient (Wildman–Crippen LogP) is 1.83. The minimum Gasteiger partial charge on any atom is -0.388 e. The highest BCUT2D eigenvalue weighted by Crippen LogP contribution is 2.25. The van der Waals surface area contributed by atoms with E-state index in [1.54, 1.807) is 12.1 Å². The van der Waals surface area contributed by atoms with Gasteiger partial charge in [-0.3, -0.25) is 10.1 Å². The van der Waals surface area contributed by atoms with Crippen LogP contribution in [0.1, 0.15) is 18.6 Å². The Kier molecular flexibility index (Phi) is 4.60. The molecule has 5 nitrogen and oxygen atoms in total. The van der Waals surface area contributed by atoms with Crippen molar-refractivity contribution in [3.63, 3.8) is 0 Å². The van der Waals surface area contributed by atoms with Gasteiger partial charge in [-0.1, -0.05) is 19.1 Å². The molecule has 1 rings (SSSR count). The molecule has 17 heavy (non-hydrogen) atoms. The smallest absolute Gasteiger partial charge is 0.269 e. The van der Waals surface area contributed by atoms with Gasteiger partial charge in [0.1, 0.15) is 0 Å². The van der Waals surface area contributed by atoms with Crippen LogP contribution in [0.3, 0.4) is 0 Å². The summed E-state index contributed by atoms with van der Waals surface area (Å²) in [5.74, 6) is 0.0204. The van der Waals surface area contributed by atoms with E-state index in [0.29, 0.717) is 5.56 Å². The van der Waals surface area contributed by atoms with Crippen LogP contribution in [0.15, 0.2) is 24.3 Å². The molecule has 5 heteroatoms. The first-order valence-corrected chi connectivity index (χ1v) is 5.49. The number of nitrogens with zero attached hydrogens (tertiary/aromatic N) is 2. The Hall–Kier alpha value is -1.46. The average molecular weight is 238 g/mol. The third-order valence-electron chi connectivity index (χ3n) is 2.61. The summed E-state index contributed by atoms with van der Waals surface area (Å²) in [5.41, 5.74) is 0.604. The van der Waals surface area contributed by atoms with E-state index in [-0.39, 0.29) is 11.6 Å². The second-order valence-corrected chi connectivity index (χ2v) is 4.54. The third kappa shape index (κ3) is 3.80. The molecule has 0 bridgehead atoms. The summed E-state index contributed by atoms with van der Waals surface area (Å²) in [6, 6.07) is 6.16. The van der Waals surface area contributed by atoms with E-state index in [2.05, 4.69) is 0 Å². The highest BCUT2D eigenvalue weighted by Gasteiger charge is 2.19. The molecule has 0 aliphatic rings. The van der Waals surface area contributed by atoms with Gasteiger partial charge in [-0.15, -0.1) is 0 Å². The Morgan fingerprint density at radius 3 is 2.65 bits per heavy atom. The Bertz CT molecular complexity index is 393. The number of hydrogen-bond donors (Lipinski definition) is 1. The van der Waals surface area contributed by atoms with E-state index in [4.69, 9.17) is 0 Å². The van der Waals surface area contributed by atoms with Gasteiger partial charge < -0.3 is 10.0 Å². The monoisotopic (exact) mass is 238 g/mol. The van der Waals surface area contributed by atoms with E-state index >= 15 is 0 Å². The van der Waals surface area contributed by atoms with Crippen molar-refractivity contribution in [3.8, 4) is 0 Å². The number of aliphatic hydroxyl groups excluding tert-OH is 1. The van der Waals surface area contributed by atoms with Crippen LogP contribution in [0, 0.1) is 16.0 Å². The first kappa shape index (κ1) is 13.6. The average Bonchev–Trinajstić information content (AvgIpc) is 2.27. The molecule has 0 saturated carbocycles. The van der Waals surface area contributed by atoms with Gasteiger partial charge in [-0.05, 0) is 25.6 Å². The second-order valence-electron chi connectivity index (χ2n) is 4.54. The van der Waals surface area contributed by atoms with Crippen molar-refractivity contribution in [1.82, 2.24) is 4.90 Å². The molecule has 1 N–H and O–H groups in total. The molecule has 0 spiro atoms. The lowest BCUT2D eigenvalue weighted by Gasteiger charge is -2.22. The molecule has 0 aliphatic carbocycles. The zero-order valence-corrected chi connectivity index (χ0v) is 10.3. The lowest BCUT2D eigenvalue weighted by molar-refractivity contribution is -0.385. The quantitative estimate of drug-likeness (QED) is 0.627. The van der Waals surface area contributed by atoms with Crippen LogP contribution in [-0.4, -0.2) is 35.6 Å². The first-order valence-electron chi connectivity index (χ1n) is 5.49. The summed E-state index contributed by atoms with van der Waals surface area (Å²) in [7, 11) is 3.85. The molecule has 0 unspecified atom stereocenters. The van der Waals surface area contributed by atoms with E-state index < -0.39 is 11.0 Å². The van der Waals surface area contributed by atoms with Crippen molar-refractivity contribution in [2.75, 3.05) is 20.6 Å². The lowest BCUT2D eigenvalue weighted by atomic mass is 9.97. The number of aliphatic hydroxyl groups is 1. The number of nitro benzene ring substituents is 1. The summed E-state index contributed by atoms with van der Waals surface area (Å²) in [6.45, 7) is 2.65. The fourth-order valence-corrected chi connectivity index (χ4v) is 1.83. The Morgan fingerprint density at radius 2 is 2.12 bits per heavy atom. The maximum Gasteiger partial charge on any atom is 0.269 e. The van der Waals surface area contributed by atoms with E-state index in [9.17, 15) is 15.2 Å². The van der Waals surface area contributed by atoms with Crippen LogP contribution in [0.4, 0.5) is 5.69 Å². The zero-order chi connectivity index (χ0) is 13.0. The topological polar surface area (TPSA) is 66.6 Å². The van der Waals surface area contributed by atoms with Crippen LogP contribution in [-0.2, 0) is 0 Å². The molecule has 94 valence electrons. The van der Waals surface area contributed by atoms with Crippen LogP contribution < -0.4 is 0 Å². The number of non-ortho nitro benzene ring substituents is 1. The molecule has 0 amide bonds. The molecule has 0 aliphatic heterocycles. The lowest BCUT2D eigenvalue weighted by Crippen LogP contribution is -2.24.